The molecule has 0 amide bonds. The number of H-pyrrole nitrogens is 1. The number of halogens is 1. The van der Waals surface area contributed by atoms with Gasteiger partial charge in [-0.15, -0.1) is 0 Å². The molecule has 0 atom stereocenters. The predicted molar refractivity (Wildman–Crippen MR) is 68.2 cm³/mol. The Balaban J connectivity index is 2.36. The second kappa shape index (κ2) is 4.24. The molecule has 1 N–H and O–H groups in total. The number of methoxy groups -OCH3 is 1. The van der Waals surface area contributed by atoms with Gasteiger partial charge in [0.2, 0.25) is 0 Å². The molecule has 1 aromatic carbocycles. The Morgan fingerprint density at radius 2 is 2.21 bits per heavy atom. The first-order chi connectivity index (χ1) is 9.20. The van der Waals surface area contributed by atoms with Crippen molar-refractivity contribution in [3.63, 3.8) is 0 Å². The molecule has 19 heavy (non-hydrogen) atoms. The van der Waals surface area contributed by atoms with Crippen LogP contribution in [-0.2, 0) is 0 Å². The zero-order chi connectivity index (χ0) is 13.4. The Labute approximate surface area is 107 Å². The molecule has 0 bridgehead atoms. The van der Waals surface area contributed by atoms with Gasteiger partial charge in [-0.1, -0.05) is 0 Å². The number of fused-ring (bicyclic) bond motifs is 1. The van der Waals surface area contributed by atoms with Gasteiger partial charge in [0.15, 0.2) is 5.65 Å². The van der Waals surface area contributed by atoms with E-state index in [1.807, 2.05) is 0 Å². The Hall–Kier alpha value is -2.63. The third-order valence-electron chi connectivity index (χ3n) is 2.84. The number of ether oxygens (including phenoxy) is 1. The van der Waals surface area contributed by atoms with E-state index in [-0.39, 0.29) is 5.69 Å². The van der Waals surface area contributed by atoms with E-state index in [0.29, 0.717) is 16.9 Å². The van der Waals surface area contributed by atoms with Crippen molar-refractivity contribution in [1.82, 2.24) is 14.5 Å². The van der Waals surface area contributed by atoms with Crippen LogP contribution in [-0.4, -0.2) is 21.6 Å². The third kappa shape index (κ3) is 1.77. The molecule has 3 rings (SSSR count). The summed E-state index contributed by atoms with van der Waals surface area (Å²) >= 11 is 0. The molecule has 0 saturated heterocycles. The van der Waals surface area contributed by atoms with E-state index in [9.17, 15) is 9.18 Å². The standard InChI is InChI=1S/C13H10FN3O2/c1-19-8-4-5-9(14)11(7-8)17-12-10(16-13(17)18)3-2-6-15-12/h2-7H,1H3,(H,16,18). The molecular weight excluding hydrogens is 249 g/mol. The first-order valence-electron chi connectivity index (χ1n) is 5.60. The number of imidazole rings is 1. The van der Waals surface area contributed by atoms with Crippen LogP contribution in [0.25, 0.3) is 16.9 Å². The minimum Gasteiger partial charge on any atom is -0.497 e. The highest BCUT2D eigenvalue weighted by Crippen LogP contribution is 2.21. The van der Waals surface area contributed by atoms with Gasteiger partial charge in [-0.05, 0) is 24.3 Å². The number of hydrogen-bond acceptors (Lipinski definition) is 3. The third-order valence-corrected chi connectivity index (χ3v) is 2.84. The summed E-state index contributed by atoms with van der Waals surface area (Å²) in [5, 5.41) is 0. The summed E-state index contributed by atoms with van der Waals surface area (Å²) in [5.41, 5.74) is 0.588. The van der Waals surface area contributed by atoms with Gasteiger partial charge in [0, 0.05) is 12.3 Å². The lowest BCUT2D eigenvalue weighted by Crippen LogP contribution is -2.16. The van der Waals surface area contributed by atoms with E-state index in [4.69, 9.17) is 4.74 Å². The van der Waals surface area contributed by atoms with E-state index in [0.717, 1.165) is 0 Å². The lowest BCUT2D eigenvalue weighted by atomic mass is 10.3. The number of aromatic nitrogens is 3. The van der Waals surface area contributed by atoms with E-state index in [1.165, 1.54) is 29.9 Å². The van der Waals surface area contributed by atoms with Crippen LogP contribution in [0.3, 0.4) is 0 Å². The van der Waals surface area contributed by atoms with Gasteiger partial charge >= 0.3 is 5.69 Å². The maximum atomic E-state index is 13.9. The summed E-state index contributed by atoms with van der Waals surface area (Å²) in [7, 11) is 1.48. The lowest BCUT2D eigenvalue weighted by molar-refractivity contribution is 0.413. The summed E-state index contributed by atoms with van der Waals surface area (Å²) in [4.78, 5) is 18.7. The van der Waals surface area contributed by atoms with Crippen molar-refractivity contribution in [2.45, 2.75) is 0 Å². The number of benzene rings is 1. The van der Waals surface area contributed by atoms with E-state index < -0.39 is 11.5 Å². The van der Waals surface area contributed by atoms with Crippen LogP contribution in [0.4, 0.5) is 4.39 Å². The molecule has 0 aliphatic heterocycles. The maximum absolute atomic E-state index is 13.9. The summed E-state index contributed by atoms with van der Waals surface area (Å²) in [5.74, 6) is -0.0527. The smallest absolute Gasteiger partial charge is 0.332 e. The maximum Gasteiger partial charge on any atom is 0.332 e. The van der Waals surface area contributed by atoms with Crippen molar-refractivity contribution in [3.8, 4) is 11.4 Å². The molecule has 2 heterocycles. The fourth-order valence-corrected chi connectivity index (χ4v) is 1.95. The molecule has 0 saturated carbocycles. The van der Waals surface area contributed by atoms with Crippen molar-refractivity contribution in [1.29, 1.82) is 0 Å². The largest absolute Gasteiger partial charge is 0.497 e. The second-order valence-electron chi connectivity index (χ2n) is 3.96. The number of hydrogen-bond donors (Lipinski definition) is 1. The molecule has 0 unspecified atom stereocenters. The predicted octanol–water partition coefficient (Wildman–Crippen LogP) is 1.86. The molecule has 3 aromatic rings. The van der Waals surface area contributed by atoms with E-state index in [2.05, 4.69) is 9.97 Å². The minimum absolute atomic E-state index is 0.106. The molecule has 6 heteroatoms. The van der Waals surface area contributed by atoms with Gasteiger partial charge < -0.3 is 9.72 Å². The van der Waals surface area contributed by atoms with E-state index in [1.54, 1.807) is 18.3 Å². The average molecular weight is 259 g/mol. The van der Waals surface area contributed by atoms with Crippen LogP contribution >= 0.6 is 0 Å². The van der Waals surface area contributed by atoms with Gasteiger partial charge in [-0.2, -0.15) is 0 Å². The van der Waals surface area contributed by atoms with Gasteiger partial charge in [0.1, 0.15) is 11.6 Å². The summed E-state index contributed by atoms with van der Waals surface area (Å²) in [6, 6.07) is 7.61. The lowest BCUT2D eigenvalue weighted by Gasteiger charge is -2.06. The first kappa shape index (κ1) is 11.5. The first-order valence-corrected chi connectivity index (χ1v) is 5.60. The van der Waals surface area contributed by atoms with Crippen LogP contribution < -0.4 is 10.4 Å². The molecule has 0 fully saturated rings. The molecule has 0 radical (unpaired) electrons. The summed E-state index contributed by atoms with van der Waals surface area (Å²) in [6.45, 7) is 0. The monoisotopic (exact) mass is 259 g/mol. The Kier molecular flexibility index (Phi) is 2.56. The fourth-order valence-electron chi connectivity index (χ4n) is 1.95. The molecule has 0 spiro atoms. The van der Waals surface area contributed by atoms with E-state index >= 15 is 0 Å². The molecule has 0 aliphatic carbocycles. The summed E-state index contributed by atoms with van der Waals surface area (Å²) in [6.07, 6.45) is 1.55. The highest BCUT2D eigenvalue weighted by Gasteiger charge is 2.14. The zero-order valence-corrected chi connectivity index (χ0v) is 10.1. The Morgan fingerprint density at radius 3 is 3.00 bits per heavy atom. The second-order valence-corrected chi connectivity index (χ2v) is 3.96. The number of rotatable bonds is 2. The molecule has 5 nitrogen and oxygen atoms in total. The van der Waals surface area contributed by atoms with Crippen molar-refractivity contribution in [3.05, 3.63) is 52.8 Å². The number of aromatic amines is 1. The fraction of sp³-hybridized carbons (Fsp3) is 0.0769. The molecule has 0 aliphatic rings. The van der Waals surface area contributed by atoms with Crippen molar-refractivity contribution < 1.29 is 9.13 Å². The normalized spacial score (nSPS) is 10.8. The topological polar surface area (TPSA) is 59.9 Å². The highest BCUT2D eigenvalue weighted by atomic mass is 19.1. The highest BCUT2D eigenvalue weighted by molar-refractivity contribution is 5.72. The zero-order valence-electron chi connectivity index (χ0n) is 10.1. The Morgan fingerprint density at radius 1 is 1.37 bits per heavy atom. The average Bonchev–Trinajstić information content (AvgIpc) is 2.75. The quantitative estimate of drug-likeness (QED) is 0.764. The van der Waals surface area contributed by atoms with Crippen LogP contribution in [0.2, 0.25) is 0 Å². The van der Waals surface area contributed by atoms with Crippen molar-refractivity contribution in [2.24, 2.45) is 0 Å². The molecule has 2 aromatic heterocycles. The van der Waals surface area contributed by atoms with Gasteiger partial charge in [-0.3, -0.25) is 0 Å². The van der Waals surface area contributed by atoms with Gasteiger partial charge in [0.25, 0.3) is 0 Å². The van der Waals surface area contributed by atoms with Crippen LogP contribution in [0.1, 0.15) is 0 Å². The van der Waals surface area contributed by atoms with Gasteiger partial charge in [0.05, 0.1) is 18.3 Å². The number of nitrogens with one attached hydrogen (secondary N) is 1. The van der Waals surface area contributed by atoms with Crippen molar-refractivity contribution >= 4 is 11.2 Å². The number of nitrogens with zero attached hydrogens (tertiary/aromatic N) is 2. The van der Waals surface area contributed by atoms with Crippen LogP contribution in [0, 0.1) is 5.82 Å². The minimum atomic E-state index is -0.519. The van der Waals surface area contributed by atoms with Crippen LogP contribution in [0.15, 0.2) is 41.3 Å². The summed E-state index contributed by atoms with van der Waals surface area (Å²) < 4.78 is 20.2. The number of pyridine rings is 1. The SMILES string of the molecule is COc1ccc(F)c(-n2c(=O)[nH]c3cccnc32)c1. The van der Waals surface area contributed by atoms with Crippen molar-refractivity contribution in [2.75, 3.05) is 7.11 Å². The Bertz CT molecular complexity index is 807. The van der Waals surface area contributed by atoms with Crippen LogP contribution in [0.5, 0.6) is 5.75 Å². The molecular formula is C13H10FN3O2. The van der Waals surface area contributed by atoms with Gasteiger partial charge in [-0.25, -0.2) is 18.7 Å². The molecule has 96 valence electrons.